The zero-order chi connectivity index (χ0) is 63.3. The number of aliphatic hydroxyl groups is 1. The predicted molar refractivity (Wildman–Crippen MR) is 288 cm³/mol. The summed E-state index contributed by atoms with van der Waals surface area (Å²) in [6.07, 6.45) is -33.0. The van der Waals surface area contributed by atoms with Crippen LogP contribution in [0.4, 0.5) is 0 Å². The Kier molecular flexibility index (Phi) is 28.8. The fourth-order valence-corrected chi connectivity index (χ4v) is 13.0. The Morgan fingerprint density at radius 3 is 0.828 bits per heavy atom. The van der Waals surface area contributed by atoms with Gasteiger partial charge in [-0.25, -0.2) is 0 Å². The molecule has 0 aromatic carbocycles. The molecule has 508 valence electrons. The van der Waals surface area contributed by atoms with Gasteiger partial charge in [0.05, 0.1) is 33.0 Å². The first-order chi connectivity index (χ1) is 42.1. The highest BCUT2D eigenvalue weighted by Gasteiger charge is 2.65. The van der Waals surface area contributed by atoms with Gasteiger partial charge in [0.25, 0.3) is 5.79 Å². The number of hydrogen-bond acceptors (Lipinski definition) is 32. The summed E-state index contributed by atoms with van der Waals surface area (Å²) in [6, 6.07) is 0. The molecule has 22 saturated heterocycles. The van der Waals surface area contributed by atoms with E-state index in [2.05, 4.69) is 0 Å². The monoisotopic (exact) mass is 1270 g/mol. The topological polar surface area (TPSA) is 314 Å². The summed E-state index contributed by atoms with van der Waals surface area (Å²) < 4.78 is 192. The van der Waals surface area contributed by atoms with Crippen LogP contribution in [0.5, 0.6) is 0 Å². The normalized spacial score (nSPS) is 45.7. The Hall–Kier alpha value is -1.73. The second-order valence-corrected chi connectivity index (χ2v) is 21.5. The van der Waals surface area contributed by atoms with Crippen LogP contribution in [0.15, 0.2) is 0 Å². The van der Waals surface area contributed by atoms with E-state index >= 15 is 0 Å². The van der Waals surface area contributed by atoms with Gasteiger partial charge < -0.3 is 147 Å². The standard InChI is InChI=1S/C55H96O32/c1-25(57)86-55(24-62-6)48-41(68-12)47(74-18)54(87-55)84-31-26(19-56)75-49(42(69-13)36(31)63-7)80-32-27(20-58-2)76-50(43(70-14)37(32)64-8)81-33-28(21-59-3)77-51(44(71-15)38(33)65-9)82-34-29(22-60-4)78-52(45(72-16)39(34)66-10)83-35-30(23-61-5)79-53(85-48)46(73-17)40(35)67-11/h26-54,56H,19-24H2,1-18H3/t26-,27-,28-,29-,30-,31-,32-,33-,34-,35-,36+,37+,38+,39+,40+,41-,42-,43-,44-,45-,46-,47-,48+,49-,50-,51-,52-,53-,54+,55-/m1/s1. The molecule has 0 saturated carbocycles. The summed E-state index contributed by atoms with van der Waals surface area (Å²) in [4.78, 5) is 13.4. The molecule has 0 radical (unpaired) electrons. The van der Waals surface area contributed by atoms with Crippen LogP contribution in [0.2, 0.25) is 0 Å². The Bertz CT molecular complexity index is 1990. The average molecular weight is 1270 g/mol. The van der Waals surface area contributed by atoms with Crippen LogP contribution in [0.3, 0.4) is 0 Å². The van der Waals surface area contributed by atoms with Crippen molar-refractivity contribution in [1.29, 1.82) is 0 Å². The Morgan fingerprint density at radius 2 is 0.575 bits per heavy atom. The smallest absolute Gasteiger partial charge is 0.305 e. The van der Waals surface area contributed by atoms with Crippen molar-refractivity contribution in [3.05, 3.63) is 0 Å². The number of carbonyl (C=O) groups is 1. The lowest BCUT2D eigenvalue weighted by atomic mass is 9.93. The molecule has 32 heteroatoms. The quantitative estimate of drug-likeness (QED) is 0.102. The van der Waals surface area contributed by atoms with E-state index in [0.717, 1.165) is 0 Å². The van der Waals surface area contributed by atoms with E-state index in [0.29, 0.717) is 0 Å². The summed E-state index contributed by atoms with van der Waals surface area (Å²) >= 11 is 0. The van der Waals surface area contributed by atoms with Crippen LogP contribution in [-0.2, 0) is 147 Å². The fourth-order valence-electron chi connectivity index (χ4n) is 13.0. The highest BCUT2D eigenvalue weighted by atomic mass is 16.9. The molecule has 0 aromatic heterocycles. The molecule has 0 aromatic rings. The molecule has 22 aliphatic heterocycles. The van der Waals surface area contributed by atoms with Crippen molar-refractivity contribution in [2.45, 2.75) is 191 Å². The first-order valence-electron chi connectivity index (χ1n) is 28.6. The van der Waals surface area contributed by atoms with Gasteiger partial charge in [0.1, 0.15) is 141 Å². The third kappa shape index (κ3) is 15.4. The minimum atomic E-state index is -2.23. The minimum Gasteiger partial charge on any atom is -0.427 e. The Morgan fingerprint density at radius 1 is 0.322 bits per heavy atom. The van der Waals surface area contributed by atoms with Crippen LogP contribution >= 0.6 is 0 Å². The highest BCUT2D eigenvalue weighted by molar-refractivity contribution is 5.66. The third-order valence-electron chi connectivity index (χ3n) is 16.8. The summed E-state index contributed by atoms with van der Waals surface area (Å²) in [5.74, 6) is -3.04. The number of esters is 1. The molecule has 22 rings (SSSR count). The number of carbonyl (C=O) groups excluding carboxylic acids is 1. The van der Waals surface area contributed by atoms with Crippen LogP contribution in [0.1, 0.15) is 6.92 Å². The molecule has 30 atom stereocenters. The van der Waals surface area contributed by atoms with E-state index in [1.165, 1.54) is 128 Å². The third-order valence-corrected chi connectivity index (χ3v) is 16.8. The number of ether oxygens (including phenoxy) is 30. The molecule has 12 bridgehead atoms. The second-order valence-electron chi connectivity index (χ2n) is 21.5. The average Bonchev–Trinajstić information content (AvgIpc) is 0.917. The molecule has 0 amide bonds. The summed E-state index contributed by atoms with van der Waals surface area (Å²) in [6.45, 7) is -0.254. The number of methoxy groups -OCH3 is 17. The van der Waals surface area contributed by atoms with Gasteiger partial charge in [-0.15, -0.1) is 0 Å². The molecule has 0 spiro atoms. The molecule has 22 heterocycles. The van der Waals surface area contributed by atoms with E-state index in [-0.39, 0.29) is 26.4 Å². The van der Waals surface area contributed by atoms with Crippen molar-refractivity contribution in [3.63, 3.8) is 0 Å². The largest absolute Gasteiger partial charge is 0.427 e. The van der Waals surface area contributed by atoms with Gasteiger partial charge in [-0.1, -0.05) is 0 Å². The van der Waals surface area contributed by atoms with Gasteiger partial charge in [0.15, 0.2) is 43.8 Å². The maximum atomic E-state index is 13.4. The van der Waals surface area contributed by atoms with Crippen molar-refractivity contribution in [3.8, 4) is 0 Å². The number of aliphatic hydroxyl groups excluding tert-OH is 1. The van der Waals surface area contributed by atoms with Crippen molar-refractivity contribution < 1.29 is 152 Å². The molecular weight excluding hydrogens is 1170 g/mol. The molecule has 22 aliphatic rings. The SMILES string of the molecule is COC[C@H]1O[C@@H]2O[C@H]3[C@H](OC)[C@@H](OC)[C@@H](O[C@H]4[C@H](OC)[C@@H](OC)[C@@H](O[C@H]5[C@H](OC)[C@@H](OC)[C@@H](O[C@H]6[C@H](OC)[C@@H](OC)[C@@H](O[C@H]7[C@H](OC)[C@@H](OC)[C@@H](O[C@H]1[C@H](OC)[C@H]2OC)O[C@@H]7COC)O[C@@H]6COC)O[C@@H]5COC)O[C@@H]4CO)O[C@@]3(COC)OC(C)=O. The maximum Gasteiger partial charge on any atom is 0.305 e. The van der Waals surface area contributed by atoms with Crippen LogP contribution in [-0.4, -0.2) is 356 Å². The summed E-state index contributed by atoms with van der Waals surface area (Å²) in [5.41, 5.74) is 0. The van der Waals surface area contributed by atoms with Crippen LogP contribution < -0.4 is 0 Å². The second kappa shape index (κ2) is 34.4. The van der Waals surface area contributed by atoms with E-state index in [4.69, 9.17) is 142 Å². The molecular formula is C55H96O32. The lowest BCUT2D eigenvalue weighted by Crippen LogP contribution is -2.73. The van der Waals surface area contributed by atoms with Gasteiger partial charge in [-0.05, 0) is 0 Å². The van der Waals surface area contributed by atoms with E-state index in [1.807, 2.05) is 0 Å². The van der Waals surface area contributed by atoms with Crippen LogP contribution in [0, 0.1) is 0 Å². The molecule has 0 aliphatic carbocycles. The van der Waals surface area contributed by atoms with E-state index in [9.17, 15) is 9.90 Å². The van der Waals surface area contributed by atoms with Gasteiger partial charge in [-0.2, -0.15) is 0 Å². The molecule has 1 N–H and O–H groups in total. The molecule has 87 heavy (non-hydrogen) atoms. The minimum absolute atomic E-state index is 0.0398. The predicted octanol–water partition coefficient (Wildman–Crippen LogP) is -2.04. The van der Waals surface area contributed by atoms with Crippen molar-refractivity contribution in [2.24, 2.45) is 0 Å². The highest BCUT2D eigenvalue weighted by Crippen LogP contribution is 2.44. The van der Waals surface area contributed by atoms with E-state index in [1.54, 1.807) is 0 Å². The van der Waals surface area contributed by atoms with Gasteiger partial charge in [-0.3, -0.25) is 4.79 Å². The zero-order valence-electron chi connectivity index (χ0n) is 53.1. The fraction of sp³-hybridized carbons (Fsp3) is 0.982. The summed E-state index contributed by atoms with van der Waals surface area (Å²) in [5, 5.41) is 11.3. The lowest BCUT2D eigenvalue weighted by molar-refractivity contribution is -0.445. The number of rotatable bonds is 24. The molecule has 22 fully saturated rings. The Labute approximate surface area is 508 Å². The van der Waals surface area contributed by atoms with E-state index < -0.39 is 203 Å². The van der Waals surface area contributed by atoms with Gasteiger partial charge in [0.2, 0.25) is 0 Å². The van der Waals surface area contributed by atoms with Gasteiger partial charge >= 0.3 is 5.97 Å². The van der Waals surface area contributed by atoms with Crippen molar-refractivity contribution >= 4 is 5.97 Å². The number of hydrogen-bond donors (Lipinski definition) is 1. The molecule has 32 nitrogen and oxygen atoms in total. The first-order valence-corrected chi connectivity index (χ1v) is 28.6. The Balaban J connectivity index is 1.39. The van der Waals surface area contributed by atoms with Gasteiger partial charge in [0, 0.05) is 128 Å². The zero-order valence-corrected chi connectivity index (χ0v) is 53.1. The maximum absolute atomic E-state index is 13.4. The first kappa shape index (κ1) is 72.7. The van der Waals surface area contributed by atoms with Crippen molar-refractivity contribution in [2.75, 3.05) is 161 Å². The van der Waals surface area contributed by atoms with Crippen LogP contribution in [0.25, 0.3) is 0 Å². The molecule has 0 unspecified atom stereocenters. The van der Waals surface area contributed by atoms with Crippen molar-refractivity contribution in [1.82, 2.24) is 0 Å². The summed E-state index contributed by atoms with van der Waals surface area (Å²) in [7, 11) is 24.7. The lowest BCUT2D eigenvalue weighted by Gasteiger charge is -2.54.